The molecule has 0 aliphatic heterocycles. The molecule has 1 heteroatoms. The monoisotopic (exact) mass is 158 g/mol. The summed E-state index contributed by atoms with van der Waals surface area (Å²) in [7, 11) is 0. The summed E-state index contributed by atoms with van der Waals surface area (Å²) >= 11 is 0. The lowest BCUT2D eigenvalue weighted by Crippen LogP contribution is -2.04. The van der Waals surface area contributed by atoms with Crippen molar-refractivity contribution in [1.82, 2.24) is 0 Å². The van der Waals surface area contributed by atoms with Gasteiger partial charge in [0.05, 0.1) is 0 Å². The highest BCUT2D eigenvalue weighted by molar-refractivity contribution is 5.80. The van der Waals surface area contributed by atoms with Gasteiger partial charge in [-0.2, -0.15) is 0 Å². The van der Waals surface area contributed by atoms with Crippen LogP contribution < -0.4 is 0 Å². The van der Waals surface area contributed by atoms with E-state index >= 15 is 0 Å². The molecule has 0 aromatic heterocycles. The molecule has 68 valence electrons. The molecule has 0 N–H and O–H groups in total. The molecule has 0 saturated heterocycles. The summed E-state index contributed by atoms with van der Waals surface area (Å²) in [5.41, 5.74) is 0. The zero-order chi connectivity index (χ0) is 9.28. The van der Waals surface area contributed by atoms with E-state index in [2.05, 4.69) is 13.8 Å². The molecule has 0 atom stereocenters. The summed E-state index contributed by atoms with van der Waals surface area (Å²) in [4.78, 5) is 10.7. The predicted molar refractivity (Wildman–Crippen MR) is 50.7 cm³/mol. The smallest absolute Gasteiger partial charge is 0.135 e. The molecule has 1 nitrogen and oxygen atoms in total. The largest absolute Gasteiger partial charge is 0.299 e. The van der Waals surface area contributed by atoms with Gasteiger partial charge in [0.15, 0.2) is 0 Å². The Labute approximate surface area is 71.2 Å². The summed E-state index contributed by atoms with van der Waals surface area (Å²) in [6.07, 6.45) is 2.98. The van der Waals surface area contributed by atoms with Gasteiger partial charge in [-0.3, -0.25) is 4.79 Å². The number of rotatable bonds is 3. The van der Waals surface area contributed by atoms with Crippen molar-refractivity contribution in [2.24, 2.45) is 5.92 Å². The van der Waals surface area contributed by atoms with Gasteiger partial charge < -0.3 is 0 Å². The fourth-order valence-corrected chi connectivity index (χ4v) is 0.535. The van der Waals surface area contributed by atoms with E-state index in [0.29, 0.717) is 5.78 Å². The Bertz CT molecular complexity index is 84.9. The lowest BCUT2D eigenvalue weighted by atomic mass is 10.1. The second-order valence-electron chi connectivity index (χ2n) is 3.08. The standard InChI is InChI=1S/C7H14O.C3H8/c1-4-5-7(8)6(2)3;1-3-2/h6H,4-5H2,1-3H3;3H2,1-2H3. The molecule has 0 radical (unpaired) electrons. The normalized spacial score (nSPS) is 8.91. The molecule has 0 bridgehead atoms. The topological polar surface area (TPSA) is 17.1 Å². The van der Waals surface area contributed by atoms with Crippen molar-refractivity contribution < 1.29 is 4.79 Å². The highest BCUT2D eigenvalue weighted by Crippen LogP contribution is 1.99. The van der Waals surface area contributed by atoms with Crippen LogP contribution in [-0.2, 0) is 4.79 Å². The van der Waals surface area contributed by atoms with Gasteiger partial charge in [-0.05, 0) is 6.42 Å². The first-order chi connectivity index (χ1) is 5.09. The highest BCUT2D eigenvalue weighted by Gasteiger charge is 2.03. The van der Waals surface area contributed by atoms with Crippen molar-refractivity contribution in [3.8, 4) is 0 Å². The average molecular weight is 158 g/mol. The molecule has 0 saturated carbocycles. The number of hydrogen-bond acceptors (Lipinski definition) is 1. The minimum Gasteiger partial charge on any atom is -0.299 e. The molecule has 0 aromatic carbocycles. The first-order valence-corrected chi connectivity index (χ1v) is 4.62. The van der Waals surface area contributed by atoms with Gasteiger partial charge in [-0.1, -0.05) is 41.0 Å². The molecule has 0 spiro atoms. The van der Waals surface area contributed by atoms with Crippen molar-refractivity contribution in [1.29, 1.82) is 0 Å². The maximum absolute atomic E-state index is 10.7. The van der Waals surface area contributed by atoms with E-state index in [4.69, 9.17) is 0 Å². The molecule has 0 aromatic rings. The van der Waals surface area contributed by atoms with Gasteiger partial charge in [0, 0.05) is 12.3 Å². The van der Waals surface area contributed by atoms with Crippen LogP contribution in [0.2, 0.25) is 0 Å². The zero-order valence-electron chi connectivity index (χ0n) is 8.61. The minimum atomic E-state index is 0.231. The second-order valence-corrected chi connectivity index (χ2v) is 3.08. The second kappa shape index (κ2) is 9.67. The Balaban J connectivity index is 0. The quantitative estimate of drug-likeness (QED) is 0.615. The average Bonchev–Trinajstić information content (AvgIpc) is 1.90. The molecule has 0 aliphatic carbocycles. The van der Waals surface area contributed by atoms with Crippen molar-refractivity contribution in [3.63, 3.8) is 0 Å². The molecule has 0 heterocycles. The SMILES string of the molecule is CCC.CCCC(=O)C(C)C. The number of carbonyl (C=O) groups is 1. The molecule has 11 heavy (non-hydrogen) atoms. The molecular weight excluding hydrogens is 136 g/mol. The summed E-state index contributed by atoms with van der Waals surface area (Å²) < 4.78 is 0. The van der Waals surface area contributed by atoms with E-state index in [1.807, 2.05) is 20.8 Å². The van der Waals surface area contributed by atoms with Crippen LogP contribution in [0.1, 0.15) is 53.9 Å². The van der Waals surface area contributed by atoms with Crippen LogP contribution >= 0.6 is 0 Å². The summed E-state index contributed by atoms with van der Waals surface area (Å²) in [5, 5.41) is 0. The Kier molecular flexibility index (Phi) is 11.7. The van der Waals surface area contributed by atoms with E-state index in [-0.39, 0.29) is 5.92 Å². The van der Waals surface area contributed by atoms with Gasteiger partial charge in [0.2, 0.25) is 0 Å². The molecule has 0 rings (SSSR count). The molecule has 0 fully saturated rings. The van der Waals surface area contributed by atoms with Crippen LogP contribution in [0.5, 0.6) is 0 Å². The Morgan fingerprint density at radius 1 is 1.18 bits per heavy atom. The maximum atomic E-state index is 10.7. The first kappa shape index (κ1) is 13.3. The van der Waals surface area contributed by atoms with Crippen molar-refractivity contribution in [2.45, 2.75) is 53.9 Å². The fraction of sp³-hybridized carbons (Fsp3) is 0.900. The van der Waals surface area contributed by atoms with Crippen LogP contribution in [0.4, 0.5) is 0 Å². The van der Waals surface area contributed by atoms with E-state index in [1.54, 1.807) is 0 Å². The number of hydrogen-bond donors (Lipinski definition) is 0. The minimum absolute atomic E-state index is 0.231. The summed E-state index contributed by atoms with van der Waals surface area (Å²) in [6.45, 7) is 10.2. The van der Waals surface area contributed by atoms with Crippen molar-refractivity contribution in [2.75, 3.05) is 0 Å². The van der Waals surface area contributed by atoms with Crippen LogP contribution in [0.15, 0.2) is 0 Å². The van der Waals surface area contributed by atoms with Crippen LogP contribution in [0, 0.1) is 5.92 Å². The lowest BCUT2D eigenvalue weighted by molar-refractivity contribution is -0.121. The van der Waals surface area contributed by atoms with Crippen LogP contribution in [0.3, 0.4) is 0 Å². The molecule has 0 unspecified atom stereocenters. The van der Waals surface area contributed by atoms with E-state index in [9.17, 15) is 4.79 Å². The fourth-order valence-electron chi connectivity index (χ4n) is 0.535. The Hall–Kier alpha value is -0.330. The predicted octanol–water partition coefficient (Wildman–Crippen LogP) is 3.43. The maximum Gasteiger partial charge on any atom is 0.135 e. The van der Waals surface area contributed by atoms with E-state index in [0.717, 1.165) is 12.8 Å². The van der Waals surface area contributed by atoms with Gasteiger partial charge in [-0.15, -0.1) is 0 Å². The number of ketones is 1. The van der Waals surface area contributed by atoms with Crippen LogP contribution in [0.25, 0.3) is 0 Å². The van der Waals surface area contributed by atoms with E-state index < -0.39 is 0 Å². The number of Topliss-reactive ketones (excluding diaryl/α,β-unsaturated/α-hetero) is 1. The molecule has 0 amide bonds. The summed E-state index contributed by atoms with van der Waals surface area (Å²) in [6, 6.07) is 0. The zero-order valence-corrected chi connectivity index (χ0v) is 8.61. The van der Waals surface area contributed by atoms with Gasteiger partial charge in [0.25, 0.3) is 0 Å². The first-order valence-electron chi connectivity index (χ1n) is 4.62. The van der Waals surface area contributed by atoms with Gasteiger partial charge in [-0.25, -0.2) is 0 Å². The third-order valence-corrected chi connectivity index (χ3v) is 1.14. The lowest BCUT2D eigenvalue weighted by Gasteiger charge is -1.98. The number of carbonyl (C=O) groups excluding carboxylic acids is 1. The Morgan fingerprint density at radius 2 is 1.55 bits per heavy atom. The van der Waals surface area contributed by atoms with Gasteiger partial charge >= 0.3 is 0 Å². The molecular formula is C10H22O. The third kappa shape index (κ3) is 12.8. The van der Waals surface area contributed by atoms with Crippen molar-refractivity contribution >= 4 is 5.78 Å². The third-order valence-electron chi connectivity index (χ3n) is 1.14. The molecule has 0 aliphatic rings. The van der Waals surface area contributed by atoms with Crippen molar-refractivity contribution in [3.05, 3.63) is 0 Å². The summed E-state index contributed by atoms with van der Waals surface area (Å²) in [5.74, 6) is 0.613. The Morgan fingerprint density at radius 3 is 1.64 bits per heavy atom. The van der Waals surface area contributed by atoms with E-state index in [1.165, 1.54) is 6.42 Å². The highest BCUT2D eigenvalue weighted by atomic mass is 16.1. The van der Waals surface area contributed by atoms with Crippen LogP contribution in [-0.4, -0.2) is 5.78 Å². The van der Waals surface area contributed by atoms with Gasteiger partial charge in [0.1, 0.15) is 5.78 Å².